The minimum Gasteiger partial charge on any atom is -0.391 e. The van der Waals surface area contributed by atoms with Gasteiger partial charge in [-0.15, -0.1) is 0 Å². The molecular formula is C11H17NO. The summed E-state index contributed by atoms with van der Waals surface area (Å²) in [6.45, 7) is 5.81. The van der Waals surface area contributed by atoms with Crippen LogP contribution in [-0.2, 0) is 0 Å². The molecule has 0 spiro atoms. The lowest BCUT2D eigenvalue weighted by atomic mass is 10.1. The Balaban J connectivity index is 2.69. The average Bonchev–Trinajstić information content (AvgIpc) is 2.08. The van der Waals surface area contributed by atoms with Crippen molar-refractivity contribution >= 4 is 5.69 Å². The summed E-state index contributed by atoms with van der Waals surface area (Å²) in [5.41, 5.74) is 2.30. The minimum atomic E-state index is -0.334. The lowest BCUT2D eigenvalue weighted by Gasteiger charge is -2.19. The average molecular weight is 179 g/mol. The van der Waals surface area contributed by atoms with E-state index >= 15 is 0 Å². The van der Waals surface area contributed by atoms with Crippen LogP contribution in [0.25, 0.3) is 0 Å². The van der Waals surface area contributed by atoms with Crippen LogP contribution in [0, 0.1) is 6.92 Å². The van der Waals surface area contributed by atoms with Crippen LogP contribution in [0.15, 0.2) is 24.3 Å². The van der Waals surface area contributed by atoms with Crippen molar-refractivity contribution in [3.05, 3.63) is 29.8 Å². The highest BCUT2D eigenvalue weighted by Gasteiger charge is 2.08. The van der Waals surface area contributed by atoms with E-state index in [-0.39, 0.29) is 12.1 Å². The molecule has 13 heavy (non-hydrogen) atoms. The Morgan fingerprint density at radius 2 is 1.85 bits per heavy atom. The van der Waals surface area contributed by atoms with E-state index in [0.29, 0.717) is 0 Å². The van der Waals surface area contributed by atoms with E-state index < -0.39 is 0 Å². The summed E-state index contributed by atoms with van der Waals surface area (Å²) in [6.07, 6.45) is -0.334. The van der Waals surface area contributed by atoms with Crippen LogP contribution >= 0.6 is 0 Å². The number of aryl methyl sites for hydroxylation is 1. The number of hydrogen-bond acceptors (Lipinski definition) is 2. The molecule has 2 heteroatoms. The van der Waals surface area contributed by atoms with Gasteiger partial charge in [0.05, 0.1) is 6.10 Å². The fourth-order valence-corrected chi connectivity index (χ4v) is 1.10. The molecule has 0 heterocycles. The van der Waals surface area contributed by atoms with E-state index in [2.05, 4.69) is 18.3 Å². The highest BCUT2D eigenvalue weighted by molar-refractivity contribution is 5.50. The topological polar surface area (TPSA) is 32.3 Å². The van der Waals surface area contributed by atoms with Gasteiger partial charge in [-0.25, -0.2) is 0 Å². The van der Waals surface area contributed by atoms with Gasteiger partial charge >= 0.3 is 0 Å². The molecule has 1 rings (SSSR count). The standard InChI is InChI=1S/C11H17NO/c1-8-6-4-5-7-11(8)12-9(2)10(3)13/h4-7,9-10,12-13H,1-3H3/t9-,10-/m1/s1. The Kier molecular flexibility index (Phi) is 3.32. The van der Waals surface area contributed by atoms with Gasteiger partial charge in [-0.2, -0.15) is 0 Å². The van der Waals surface area contributed by atoms with Crippen LogP contribution in [0.5, 0.6) is 0 Å². The van der Waals surface area contributed by atoms with Gasteiger partial charge in [0, 0.05) is 11.7 Å². The second-order valence-corrected chi connectivity index (χ2v) is 3.49. The quantitative estimate of drug-likeness (QED) is 0.745. The van der Waals surface area contributed by atoms with Gasteiger partial charge in [0.15, 0.2) is 0 Å². The second kappa shape index (κ2) is 4.28. The fraction of sp³-hybridized carbons (Fsp3) is 0.455. The molecule has 0 aromatic heterocycles. The molecule has 1 aromatic rings. The van der Waals surface area contributed by atoms with Gasteiger partial charge in [-0.05, 0) is 32.4 Å². The molecular weight excluding hydrogens is 162 g/mol. The minimum absolute atomic E-state index is 0.0844. The van der Waals surface area contributed by atoms with Crippen molar-refractivity contribution in [1.29, 1.82) is 0 Å². The number of rotatable bonds is 3. The molecule has 0 unspecified atom stereocenters. The summed E-state index contributed by atoms with van der Waals surface area (Å²) >= 11 is 0. The molecule has 0 aliphatic rings. The van der Waals surface area contributed by atoms with Crippen LogP contribution in [0.2, 0.25) is 0 Å². The van der Waals surface area contributed by atoms with Crippen molar-refractivity contribution in [3.63, 3.8) is 0 Å². The Morgan fingerprint density at radius 3 is 2.38 bits per heavy atom. The van der Waals surface area contributed by atoms with E-state index in [0.717, 1.165) is 5.69 Å². The molecule has 0 saturated heterocycles. The van der Waals surface area contributed by atoms with Gasteiger partial charge in [-0.1, -0.05) is 18.2 Å². The third kappa shape index (κ3) is 2.74. The Labute approximate surface area is 79.6 Å². The zero-order chi connectivity index (χ0) is 9.84. The van der Waals surface area contributed by atoms with Crippen molar-refractivity contribution in [3.8, 4) is 0 Å². The van der Waals surface area contributed by atoms with E-state index in [4.69, 9.17) is 0 Å². The van der Waals surface area contributed by atoms with Crippen molar-refractivity contribution < 1.29 is 5.11 Å². The first kappa shape index (κ1) is 10.1. The van der Waals surface area contributed by atoms with Crippen LogP contribution in [-0.4, -0.2) is 17.3 Å². The van der Waals surface area contributed by atoms with E-state index in [1.165, 1.54) is 5.56 Å². The number of hydrogen-bond donors (Lipinski definition) is 2. The zero-order valence-corrected chi connectivity index (χ0v) is 8.41. The molecule has 1 aromatic carbocycles. The third-order valence-corrected chi connectivity index (χ3v) is 2.25. The lowest BCUT2D eigenvalue weighted by Crippen LogP contribution is -2.28. The second-order valence-electron chi connectivity index (χ2n) is 3.49. The number of anilines is 1. The maximum atomic E-state index is 9.31. The predicted octanol–water partition coefficient (Wildman–Crippen LogP) is 2.18. The molecule has 2 atom stereocenters. The van der Waals surface area contributed by atoms with Crippen LogP contribution in [0.3, 0.4) is 0 Å². The molecule has 0 amide bonds. The molecule has 0 bridgehead atoms. The first-order chi connectivity index (χ1) is 6.11. The van der Waals surface area contributed by atoms with Crippen molar-refractivity contribution in [2.75, 3.05) is 5.32 Å². The van der Waals surface area contributed by atoms with Gasteiger partial charge < -0.3 is 10.4 Å². The number of aliphatic hydroxyl groups is 1. The Hall–Kier alpha value is -1.02. The monoisotopic (exact) mass is 179 g/mol. The Bertz CT molecular complexity index is 271. The third-order valence-electron chi connectivity index (χ3n) is 2.25. The van der Waals surface area contributed by atoms with E-state index in [9.17, 15) is 5.11 Å². The van der Waals surface area contributed by atoms with Crippen LogP contribution in [0.4, 0.5) is 5.69 Å². The van der Waals surface area contributed by atoms with Crippen LogP contribution in [0.1, 0.15) is 19.4 Å². The number of para-hydroxylation sites is 1. The highest BCUT2D eigenvalue weighted by atomic mass is 16.3. The molecule has 0 saturated carbocycles. The summed E-state index contributed by atoms with van der Waals surface area (Å²) in [7, 11) is 0. The largest absolute Gasteiger partial charge is 0.391 e. The molecule has 0 aliphatic heterocycles. The summed E-state index contributed by atoms with van der Waals surface area (Å²) in [5, 5.41) is 12.6. The fourth-order valence-electron chi connectivity index (χ4n) is 1.10. The molecule has 72 valence electrons. The summed E-state index contributed by atoms with van der Waals surface area (Å²) in [4.78, 5) is 0. The van der Waals surface area contributed by atoms with Gasteiger partial charge in [0.2, 0.25) is 0 Å². The Morgan fingerprint density at radius 1 is 1.23 bits per heavy atom. The van der Waals surface area contributed by atoms with E-state index in [1.54, 1.807) is 6.92 Å². The molecule has 0 radical (unpaired) electrons. The molecule has 0 fully saturated rings. The van der Waals surface area contributed by atoms with Crippen molar-refractivity contribution in [2.45, 2.75) is 32.9 Å². The molecule has 2 nitrogen and oxygen atoms in total. The van der Waals surface area contributed by atoms with Crippen molar-refractivity contribution in [1.82, 2.24) is 0 Å². The van der Waals surface area contributed by atoms with Crippen molar-refractivity contribution in [2.24, 2.45) is 0 Å². The normalized spacial score (nSPS) is 15.1. The predicted molar refractivity (Wildman–Crippen MR) is 55.9 cm³/mol. The number of benzene rings is 1. The first-order valence-corrected chi connectivity index (χ1v) is 4.61. The maximum absolute atomic E-state index is 9.31. The first-order valence-electron chi connectivity index (χ1n) is 4.61. The lowest BCUT2D eigenvalue weighted by molar-refractivity contribution is 0.178. The van der Waals surface area contributed by atoms with Gasteiger partial charge in [0.25, 0.3) is 0 Å². The maximum Gasteiger partial charge on any atom is 0.0710 e. The summed E-state index contributed by atoms with van der Waals surface area (Å²) in [6, 6.07) is 8.16. The molecule has 0 aliphatic carbocycles. The van der Waals surface area contributed by atoms with Gasteiger partial charge in [0.1, 0.15) is 0 Å². The number of aliphatic hydroxyl groups excluding tert-OH is 1. The molecule has 2 N–H and O–H groups in total. The highest BCUT2D eigenvalue weighted by Crippen LogP contribution is 2.14. The SMILES string of the molecule is Cc1ccccc1N[C@H](C)[C@@H](C)O. The zero-order valence-electron chi connectivity index (χ0n) is 8.41. The van der Waals surface area contributed by atoms with Gasteiger partial charge in [-0.3, -0.25) is 0 Å². The number of nitrogens with one attached hydrogen (secondary N) is 1. The summed E-state index contributed by atoms with van der Waals surface area (Å²) < 4.78 is 0. The van der Waals surface area contributed by atoms with E-state index in [1.807, 2.05) is 25.1 Å². The summed E-state index contributed by atoms with van der Waals surface area (Å²) in [5.74, 6) is 0. The van der Waals surface area contributed by atoms with Crippen LogP contribution < -0.4 is 5.32 Å². The smallest absolute Gasteiger partial charge is 0.0710 e.